The van der Waals surface area contributed by atoms with Crippen LogP contribution in [0.1, 0.15) is 13.8 Å². The van der Waals surface area contributed by atoms with Crippen molar-refractivity contribution in [3.63, 3.8) is 0 Å². The van der Waals surface area contributed by atoms with Crippen LogP contribution in [0.5, 0.6) is 0 Å². The first kappa shape index (κ1) is 47.6. The van der Waals surface area contributed by atoms with Gasteiger partial charge in [0, 0.05) is 6.92 Å². The highest BCUT2D eigenvalue weighted by Gasteiger charge is 2.57. The van der Waals surface area contributed by atoms with Gasteiger partial charge in [0.05, 0.1) is 32.5 Å². The fourth-order valence-corrected chi connectivity index (χ4v) is 7.36. The predicted molar refractivity (Wildman–Crippen MR) is 177 cm³/mol. The van der Waals surface area contributed by atoms with Crippen LogP contribution in [0.2, 0.25) is 0 Å². The molecule has 0 aromatic heterocycles. The Labute approximate surface area is 329 Å². The summed E-state index contributed by atoms with van der Waals surface area (Å²) in [5, 5.41) is 159. The van der Waals surface area contributed by atoms with E-state index in [1.54, 1.807) is 0 Å². The van der Waals surface area contributed by atoms with E-state index in [-0.39, 0.29) is 0 Å². The summed E-state index contributed by atoms with van der Waals surface area (Å²) in [6, 6.07) is -1.69. The summed E-state index contributed by atoms with van der Waals surface area (Å²) >= 11 is 0. The van der Waals surface area contributed by atoms with Gasteiger partial charge in [0.2, 0.25) is 5.91 Å². The lowest BCUT2D eigenvalue weighted by molar-refractivity contribution is -0.389. The number of aliphatic hydroxyl groups excluding tert-OH is 15. The lowest BCUT2D eigenvalue weighted by Crippen LogP contribution is -2.70. The summed E-state index contributed by atoms with van der Waals surface area (Å²) in [5.74, 6) is -0.807. The Hall–Kier alpha value is -1.49. The van der Waals surface area contributed by atoms with E-state index in [2.05, 4.69) is 5.32 Å². The topological polar surface area (TPSA) is 416 Å². The van der Waals surface area contributed by atoms with Crippen molar-refractivity contribution >= 4 is 5.91 Å². The number of carbonyl (C=O) groups is 1. The molecule has 5 aliphatic heterocycles. The number of nitrogens with one attached hydrogen (secondary N) is 1. The maximum Gasteiger partial charge on any atom is 0.217 e. The quantitative estimate of drug-likeness (QED) is 0.0818. The monoisotopic (exact) mass is 853 g/mol. The third kappa shape index (κ3) is 9.75. The highest BCUT2D eigenvalue weighted by Crippen LogP contribution is 2.36. The van der Waals surface area contributed by atoms with E-state index in [9.17, 15) is 81.4 Å². The fourth-order valence-electron chi connectivity index (χ4n) is 7.36. The van der Waals surface area contributed by atoms with Crippen LogP contribution < -0.4 is 5.32 Å². The maximum absolute atomic E-state index is 12.6. The zero-order chi connectivity index (χ0) is 42.9. The number of amides is 1. The molecule has 0 aromatic carbocycles. The SMILES string of the molecule is CC(=O)N[C@H]1[C@H](O[C@@H]2[C@H](O)[C@@H](O)[C@H](O[C@H]3[C@H](O)[C@@H](O)[C@H](O)O[C@@H]3CO)O[C@@H]2CO)O[C@H](CO)[C@H](O)[C@@H]1O[C@@H]1O[C@H](CO)[C@H](O)[C@H](O)[C@H]1O[C@H]1O[C@@H](C)[C@@H](O)[C@@H](O)[C@@H]1O. The Morgan fingerprint density at radius 1 is 0.448 bits per heavy atom. The molecule has 58 heavy (non-hydrogen) atoms. The van der Waals surface area contributed by atoms with Gasteiger partial charge in [0.25, 0.3) is 0 Å². The van der Waals surface area contributed by atoms with Crippen molar-refractivity contribution in [2.45, 2.75) is 167 Å². The zero-order valence-electron chi connectivity index (χ0n) is 31.1. The van der Waals surface area contributed by atoms with Crippen molar-refractivity contribution in [3.8, 4) is 0 Å². The average molecular weight is 854 g/mol. The van der Waals surface area contributed by atoms with Crippen LogP contribution in [-0.4, -0.2) is 262 Å². The molecule has 338 valence electrons. The average Bonchev–Trinajstić information content (AvgIpc) is 3.19. The van der Waals surface area contributed by atoms with Crippen molar-refractivity contribution in [1.82, 2.24) is 5.32 Å². The Morgan fingerprint density at radius 3 is 1.47 bits per heavy atom. The molecule has 0 unspecified atom stereocenters. The summed E-state index contributed by atoms with van der Waals surface area (Å²) in [6.07, 6.45) is -43.1. The summed E-state index contributed by atoms with van der Waals surface area (Å²) in [6.45, 7) is -1.31. The van der Waals surface area contributed by atoms with Crippen molar-refractivity contribution in [3.05, 3.63) is 0 Å². The Balaban J connectivity index is 1.40. The summed E-state index contributed by atoms with van der Waals surface area (Å²) < 4.78 is 50.8. The first-order valence-electron chi connectivity index (χ1n) is 18.5. The molecule has 0 spiro atoms. The molecule has 0 aromatic rings. The van der Waals surface area contributed by atoms with Crippen molar-refractivity contribution < 1.29 is 124 Å². The van der Waals surface area contributed by atoms with E-state index in [0.29, 0.717) is 0 Å². The van der Waals surface area contributed by atoms with Gasteiger partial charge in [-0.1, -0.05) is 0 Å². The number of rotatable bonds is 13. The van der Waals surface area contributed by atoms with Crippen LogP contribution in [0.4, 0.5) is 0 Å². The number of ether oxygens (including phenoxy) is 9. The molecular formula is C32H55NO25. The number of hydrogen-bond acceptors (Lipinski definition) is 25. The van der Waals surface area contributed by atoms with E-state index >= 15 is 0 Å². The van der Waals surface area contributed by atoms with Crippen LogP contribution in [0.3, 0.4) is 0 Å². The van der Waals surface area contributed by atoms with Crippen molar-refractivity contribution in [2.75, 3.05) is 26.4 Å². The molecule has 16 N–H and O–H groups in total. The highest BCUT2D eigenvalue weighted by atomic mass is 16.8. The molecule has 26 nitrogen and oxygen atoms in total. The van der Waals surface area contributed by atoms with Gasteiger partial charge in [-0.15, -0.1) is 0 Å². The summed E-state index contributed by atoms with van der Waals surface area (Å²) in [7, 11) is 0. The molecule has 5 fully saturated rings. The molecule has 5 aliphatic rings. The fraction of sp³-hybridized carbons (Fsp3) is 0.969. The molecule has 0 saturated carbocycles. The van der Waals surface area contributed by atoms with E-state index in [1.165, 1.54) is 6.92 Å². The normalized spacial score (nSPS) is 51.6. The molecule has 5 saturated heterocycles. The minimum atomic E-state index is -2.09. The first-order valence-corrected chi connectivity index (χ1v) is 18.5. The lowest BCUT2D eigenvalue weighted by atomic mass is 9.94. The van der Waals surface area contributed by atoms with Gasteiger partial charge in [-0.05, 0) is 6.92 Å². The molecular weight excluding hydrogens is 798 g/mol. The summed E-state index contributed by atoms with van der Waals surface area (Å²) in [4.78, 5) is 12.6. The predicted octanol–water partition coefficient (Wildman–Crippen LogP) is -10.8. The Kier molecular flexibility index (Phi) is 16.5. The van der Waals surface area contributed by atoms with Gasteiger partial charge < -0.3 is 125 Å². The molecule has 5 rings (SSSR count). The molecule has 5 heterocycles. The van der Waals surface area contributed by atoms with Gasteiger partial charge >= 0.3 is 0 Å². The standard InChI is InChI=1S/C32H55NO25/c1-7-14(39)17(42)22(47)30(50-7)58-27-18(43)15(40)9(3-34)53-32(27)57-26-13(33-8(2)38)29(52-10(4-35)16(26)41)55-25-12(6-37)54-31(23(48)20(25)45)56-24-11(5-36)51-28(49)21(46)19(24)44/h7,9-32,34-37,39-49H,3-6H2,1-2H3,(H,33,38)/t7-,9+,10+,11+,12+,13+,14+,15-,16-,17+,18-,19+,20+,21+,22-,23+,24+,25-,26+,27+,28+,29-,30+,31-,32-/m0/s1. The van der Waals surface area contributed by atoms with Gasteiger partial charge in [-0.2, -0.15) is 0 Å². The van der Waals surface area contributed by atoms with Crippen LogP contribution in [0, 0.1) is 0 Å². The second-order valence-corrected chi connectivity index (χ2v) is 14.7. The number of hydrogen-bond donors (Lipinski definition) is 16. The minimum Gasteiger partial charge on any atom is -0.394 e. The molecule has 0 bridgehead atoms. The molecule has 25 atom stereocenters. The molecule has 0 aliphatic carbocycles. The van der Waals surface area contributed by atoms with Crippen LogP contribution in [-0.2, 0) is 47.4 Å². The van der Waals surface area contributed by atoms with E-state index in [1.807, 2.05) is 0 Å². The minimum absolute atomic E-state index is 0.807. The van der Waals surface area contributed by atoms with E-state index < -0.39 is 186 Å². The smallest absolute Gasteiger partial charge is 0.217 e. The van der Waals surface area contributed by atoms with Crippen LogP contribution in [0.15, 0.2) is 0 Å². The molecule has 1 amide bonds. The van der Waals surface area contributed by atoms with Gasteiger partial charge in [-0.3, -0.25) is 4.79 Å². The van der Waals surface area contributed by atoms with Crippen molar-refractivity contribution in [1.29, 1.82) is 0 Å². The molecule has 0 radical (unpaired) electrons. The van der Waals surface area contributed by atoms with E-state index in [0.717, 1.165) is 6.92 Å². The molecule has 26 heteroatoms. The lowest BCUT2D eigenvalue weighted by Gasteiger charge is -2.50. The van der Waals surface area contributed by atoms with Crippen LogP contribution in [0.25, 0.3) is 0 Å². The largest absolute Gasteiger partial charge is 0.394 e. The second-order valence-electron chi connectivity index (χ2n) is 14.7. The summed E-state index contributed by atoms with van der Waals surface area (Å²) in [5.41, 5.74) is 0. The Bertz CT molecular complexity index is 1300. The maximum atomic E-state index is 12.6. The third-order valence-electron chi connectivity index (χ3n) is 10.7. The number of aliphatic hydroxyl groups is 15. The van der Waals surface area contributed by atoms with Gasteiger partial charge in [0.1, 0.15) is 116 Å². The third-order valence-corrected chi connectivity index (χ3v) is 10.7. The first-order chi connectivity index (χ1) is 27.4. The van der Waals surface area contributed by atoms with Crippen molar-refractivity contribution in [2.24, 2.45) is 0 Å². The van der Waals surface area contributed by atoms with E-state index in [4.69, 9.17) is 42.6 Å². The van der Waals surface area contributed by atoms with Gasteiger partial charge in [-0.25, -0.2) is 0 Å². The van der Waals surface area contributed by atoms with Crippen LogP contribution >= 0.6 is 0 Å². The number of carbonyl (C=O) groups excluding carboxylic acids is 1. The Morgan fingerprint density at radius 2 is 0.879 bits per heavy atom. The second kappa shape index (κ2) is 20.1. The highest BCUT2D eigenvalue weighted by molar-refractivity contribution is 5.73. The van der Waals surface area contributed by atoms with Gasteiger partial charge in [0.15, 0.2) is 31.5 Å². The zero-order valence-corrected chi connectivity index (χ0v) is 31.1.